The Morgan fingerprint density at radius 2 is 2.29 bits per heavy atom. The van der Waals surface area contributed by atoms with Crippen LogP contribution in [-0.2, 0) is 5.88 Å². The van der Waals surface area contributed by atoms with Crippen molar-refractivity contribution in [3.8, 4) is 5.75 Å². The van der Waals surface area contributed by atoms with Crippen molar-refractivity contribution in [1.29, 1.82) is 0 Å². The summed E-state index contributed by atoms with van der Waals surface area (Å²) in [4.78, 5) is 0. The molecule has 0 fully saturated rings. The maximum Gasteiger partial charge on any atom is 0.129 e. The van der Waals surface area contributed by atoms with Crippen molar-refractivity contribution in [2.45, 2.75) is 5.88 Å². The fourth-order valence-corrected chi connectivity index (χ4v) is 2.76. The van der Waals surface area contributed by atoms with Gasteiger partial charge in [0.05, 0.1) is 18.2 Å². The first kappa shape index (κ1) is 9.62. The molecule has 0 spiro atoms. The molecule has 0 saturated heterocycles. The molecule has 2 nitrogen and oxygen atoms in total. The first-order chi connectivity index (χ1) is 6.77. The predicted molar refractivity (Wildman–Crippen MR) is 62.3 cm³/mol. The van der Waals surface area contributed by atoms with Gasteiger partial charge in [-0.15, -0.1) is 22.9 Å². The second-order valence-electron chi connectivity index (χ2n) is 2.96. The minimum Gasteiger partial charge on any atom is -0.496 e. The van der Waals surface area contributed by atoms with Crippen LogP contribution in [0.15, 0.2) is 17.5 Å². The van der Waals surface area contributed by atoms with E-state index >= 15 is 0 Å². The van der Waals surface area contributed by atoms with Crippen LogP contribution < -0.4 is 10.5 Å². The van der Waals surface area contributed by atoms with Gasteiger partial charge in [-0.25, -0.2) is 0 Å². The Morgan fingerprint density at radius 3 is 2.93 bits per heavy atom. The second kappa shape index (κ2) is 3.67. The van der Waals surface area contributed by atoms with E-state index in [4.69, 9.17) is 22.1 Å². The Balaban J connectivity index is 2.81. The molecule has 0 saturated carbocycles. The summed E-state index contributed by atoms with van der Waals surface area (Å²) in [5.74, 6) is 1.31. The summed E-state index contributed by atoms with van der Waals surface area (Å²) < 4.78 is 6.37. The van der Waals surface area contributed by atoms with E-state index in [1.165, 1.54) is 0 Å². The average Bonchev–Trinajstić information content (AvgIpc) is 2.60. The fourth-order valence-electron chi connectivity index (χ4n) is 1.47. The van der Waals surface area contributed by atoms with Crippen molar-refractivity contribution in [1.82, 2.24) is 0 Å². The number of hydrogen-bond acceptors (Lipinski definition) is 3. The monoisotopic (exact) mass is 227 g/mol. The zero-order chi connectivity index (χ0) is 10.1. The van der Waals surface area contributed by atoms with Gasteiger partial charge in [-0.2, -0.15) is 0 Å². The number of thiophene rings is 1. The van der Waals surface area contributed by atoms with E-state index < -0.39 is 0 Å². The number of ether oxygens (including phenoxy) is 1. The van der Waals surface area contributed by atoms with Crippen LogP contribution in [0.4, 0.5) is 5.69 Å². The summed E-state index contributed by atoms with van der Waals surface area (Å²) in [6, 6.07) is 3.88. The molecule has 1 heterocycles. The van der Waals surface area contributed by atoms with E-state index in [9.17, 15) is 0 Å². The van der Waals surface area contributed by atoms with E-state index in [1.54, 1.807) is 18.4 Å². The molecule has 2 N–H and O–H groups in total. The summed E-state index contributed by atoms with van der Waals surface area (Å²) in [5.41, 5.74) is 7.72. The highest BCUT2D eigenvalue weighted by molar-refractivity contribution is 7.18. The molecule has 1 aromatic heterocycles. The summed E-state index contributed by atoms with van der Waals surface area (Å²) in [6.07, 6.45) is 0. The van der Waals surface area contributed by atoms with Gasteiger partial charge in [0.15, 0.2) is 0 Å². The number of nitrogen functional groups attached to an aromatic ring is 1. The highest BCUT2D eigenvalue weighted by atomic mass is 35.5. The first-order valence-electron chi connectivity index (χ1n) is 4.16. The van der Waals surface area contributed by atoms with Gasteiger partial charge in [0.1, 0.15) is 5.75 Å². The summed E-state index contributed by atoms with van der Waals surface area (Å²) in [5, 5.41) is 2.90. The Labute approximate surface area is 91.2 Å². The van der Waals surface area contributed by atoms with Crippen molar-refractivity contribution < 1.29 is 4.74 Å². The normalized spacial score (nSPS) is 10.7. The third kappa shape index (κ3) is 1.33. The Hall–Kier alpha value is -0.930. The van der Waals surface area contributed by atoms with Gasteiger partial charge in [-0.1, -0.05) is 6.07 Å². The average molecular weight is 228 g/mol. The molecule has 0 aliphatic carbocycles. The van der Waals surface area contributed by atoms with Crippen molar-refractivity contribution in [2.75, 3.05) is 12.8 Å². The molecule has 14 heavy (non-hydrogen) atoms. The maximum absolute atomic E-state index is 5.86. The Kier molecular flexibility index (Phi) is 2.52. The number of benzene rings is 1. The van der Waals surface area contributed by atoms with Crippen LogP contribution in [-0.4, -0.2) is 7.11 Å². The highest BCUT2D eigenvalue weighted by Gasteiger charge is 2.10. The molecule has 2 aromatic rings. The van der Waals surface area contributed by atoms with Gasteiger partial charge in [-0.05, 0) is 11.6 Å². The smallest absolute Gasteiger partial charge is 0.129 e. The van der Waals surface area contributed by atoms with Gasteiger partial charge >= 0.3 is 0 Å². The van der Waals surface area contributed by atoms with E-state index in [0.29, 0.717) is 5.88 Å². The van der Waals surface area contributed by atoms with Crippen molar-refractivity contribution in [3.05, 3.63) is 23.1 Å². The molecule has 0 bridgehead atoms. The highest BCUT2D eigenvalue weighted by Crippen LogP contribution is 2.38. The Bertz CT molecular complexity index is 466. The van der Waals surface area contributed by atoms with Crippen molar-refractivity contribution >= 4 is 38.7 Å². The minimum atomic E-state index is 0.500. The van der Waals surface area contributed by atoms with Gasteiger partial charge in [0, 0.05) is 16.0 Å². The molecule has 0 radical (unpaired) electrons. The lowest BCUT2D eigenvalue weighted by atomic mass is 10.1. The Morgan fingerprint density at radius 1 is 1.50 bits per heavy atom. The topological polar surface area (TPSA) is 35.2 Å². The maximum atomic E-state index is 5.86. The zero-order valence-electron chi connectivity index (χ0n) is 7.71. The third-order valence-electron chi connectivity index (χ3n) is 2.16. The number of nitrogens with two attached hydrogens (primary N) is 1. The minimum absolute atomic E-state index is 0.500. The SMILES string of the molecule is COc1ccc(CCl)c2scc(N)c12. The number of anilines is 1. The molecular weight excluding hydrogens is 218 g/mol. The molecule has 4 heteroatoms. The van der Waals surface area contributed by atoms with Crippen molar-refractivity contribution in [3.63, 3.8) is 0 Å². The number of methoxy groups -OCH3 is 1. The molecule has 0 aliphatic rings. The van der Waals surface area contributed by atoms with E-state index in [0.717, 1.165) is 27.1 Å². The number of hydrogen-bond donors (Lipinski definition) is 1. The summed E-state index contributed by atoms with van der Waals surface area (Å²) in [6.45, 7) is 0. The van der Waals surface area contributed by atoms with E-state index in [1.807, 2.05) is 17.5 Å². The quantitative estimate of drug-likeness (QED) is 0.800. The number of fused-ring (bicyclic) bond motifs is 1. The van der Waals surface area contributed by atoms with Gasteiger partial charge in [-0.3, -0.25) is 0 Å². The van der Waals surface area contributed by atoms with Gasteiger partial charge in [0.2, 0.25) is 0 Å². The van der Waals surface area contributed by atoms with Crippen LogP contribution in [0.3, 0.4) is 0 Å². The van der Waals surface area contributed by atoms with Gasteiger partial charge < -0.3 is 10.5 Å². The van der Waals surface area contributed by atoms with E-state index in [2.05, 4.69) is 0 Å². The molecule has 0 unspecified atom stereocenters. The lowest BCUT2D eigenvalue weighted by molar-refractivity contribution is 0.420. The van der Waals surface area contributed by atoms with Crippen LogP contribution in [0, 0.1) is 0 Å². The molecule has 2 rings (SSSR count). The molecule has 0 aliphatic heterocycles. The number of halogens is 1. The number of rotatable bonds is 2. The van der Waals surface area contributed by atoms with Gasteiger partial charge in [0.25, 0.3) is 0 Å². The van der Waals surface area contributed by atoms with Crippen LogP contribution in [0.25, 0.3) is 10.1 Å². The second-order valence-corrected chi connectivity index (χ2v) is 4.10. The summed E-state index contributed by atoms with van der Waals surface area (Å²) >= 11 is 7.44. The molecule has 0 atom stereocenters. The van der Waals surface area contributed by atoms with Crippen LogP contribution in [0.2, 0.25) is 0 Å². The summed E-state index contributed by atoms with van der Waals surface area (Å²) in [7, 11) is 1.65. The van der Waals surface area contributed by atoms with E-state index in [-0.39, 0.29) is 0 Å². The predicted octanol–water partition coefficient (Wildman–Crippen LogP) is 3.23. The number of alkyl halides is 1. The molecule has 0 amide bonds. The molecule has 1 aromatic carbocycles. The largest absolute Gasteiger partial charge is 0.496 e. The zero-order valence-corrected chi connectivity index (χ0v) is 9.28. The lowest BCUT2D eigenvalue weighted by Crippen LogP contribution is -1.89. The standard InChI is InChI=1S/C10H10ClNOS/c1-13-8-3-2-6(4-11)10-9(8)7(12)5-14-10/h2-3,5H,4,12H2,1H3. The van der Waals surface area contributed by atoms with Crippen LogP contribution >= 0.6 is 22.9 Å². The van der Waals surface area contributed by atoms with Crippen LogP contribution in [0.1, 0.15) is 5.56 Å². The molecule has 74 valence electrons. The third-order valence-corrected chi connectivity index (χ3v) is 3.52. The fraction of sp³-hybridized carbons (Fsp3) is 0.200. The van der Waals surface area contributed by atoms with Crippen molar-refractivity contribution in [2.24, 2.45) is 0 Å². The first-order valence-corrected chi connectivity index (χ1v) is 5.58. The molecular formula is C10H10ClNOS. The van der Waals surface area contributed by atoms with Crippen LogP contribution in [0.5, 0.6) is 5.75 Å². The lowest BCUT2D eigenvalue weighted by Gasteiger charge is -2.05.